The Hall–Kier alpha value is -2.03. The summed E-state index contributed by atoms with van der Waals surface area (Å²) in [5.74, 6) is -0.103. The van der Waals surface area contributed by atoms with Crippen molar-refractivity contribution in [2.24, 2.45) is 0 Å². The molecule has 162 valence electrons. The molecule has 0 spiro atoms. The highest BCUT2D eigenvalue weighted by Crippen LogP contribution is 2.31. The second kappa shape index (κ2) is 10.3. The lowest BCUT2D eigenvalue weighted by molar-refractivity contribution is -0.137. The molecular weight excluding hydrogens is 413 g/mol. The van der Waals surface area contributed by atoms with Crippen molar-refractivity contribution in [3.8, 4) is 0 Å². The smallest absolute Gasteiger partial charge is 0.379 e. The SMILES string of the molecule is CC(Sc1ccccc1)C(=O)NCC(c1ccc(C(F)(F)F)cc1)N1CCOCC1. The third-order valence-corrected chi connectivity index (χ3v) is 6.12. The Bertz CT molecular complexity index is 809. The molecule has 4 nitrogen and oxygen atoms in total. The number of alkyl halides is 3. The third kappa shape index (κ3) is 6.23. The van der Waals surface area contributed by atoms with Gasteiger partial charge in [0.15, 0.2) is 0 Å². The number of amides is 1. The molecule has 30 heavy (non-hydrogen) atoms. The van der Waals surface area contributed by atoms with Gasteiger partial charge in [0.05, 0.1) is 30.1 Å². The lowest BCUT2D eigenvalue weighted by atomic mass is 10.0. The number of carbonyl (C=O) groups is 1. The molecule has 1 aliphatic rings. The quantitative estimate of drug-likeness (QED) is 0.652. The van der Waals surface area contributed by atoms with Crippen molar-refractivity contribution in [2.45, 2.75) is 29.3 Å². The Labute approximate surface area is 178 Å². The monoisotopic (exact) mass is 438 g/mol. The van der Waals surface area contributed by atoms with Crippen molar-refractivity contribution >= 4 is 17.7 Å². The molecule has 8 heteroatoms. The molecule has 2 atom stereocenters. The summed E-state index contributed by atoms with van der Waals surface area (Å²) in [4.78, 5) is 15.8. The summed E-state index contributed by atoms with van der Waals surface area (Å²) < 4.78 is 44.1. The molecule has 1 heterocycles. The lowest BCUT2D eigenvalue weighted by Crippen LogP contribution is -2.44. The number of rotatable bonds is 7. The zero-order valence-corrected chi connectivity index (χ0v) is 17.5. The van der Waals surface area contributed by atoms with Crippen molar-refractivity contribution in [3.05, 3.63) is 65.7 Å². The van der Waals surface area contributed by atoms with Gasteiger partial charge in [-0.3, -0.25) is 9.69 Å². The summed E-state index contributed by atoms with van der Waals surface area (Å²) in [5.41, 5.74) is 0.0671. The molecule has 2 unspecified atom stereocenters. The van der Waals surface area contributed by atoms with Crippen LogP contribution in [0.4, 0.5) is 13.2 Å². The summed E-state index contributed by atoms with van der Waals surface area (Å²) in [7, 11) is 0. The van der Waals surface area contributed by atoms with Gasteiger partial charge < -0.3 is 10.1 Å². The normalized spacial score (nSPS) is 17.3. The largest absolute Gasteiger partial charge is 0.416 e. The van der Waals surface area contributed by atoms with Crippen LogP contribution in [0.2, 0.25) is 0 Å². The topological polar surface area (TPSA) is 41.6 Å². The van der Waals surface area contributed by atoms with Gasteiger partial charge in [0, 0.05) is 24.5 Å². The van der Waals surface area contributed by atoms with Crippen LogP contribution in [0.15, 0.2) is 59.5 Å². The number of hydrogen-bond donors (Lipinski definition) is 1. The molecule has 0 aliphatic carbocycles. The molecule has 1 amide bonds. The highest BCUT2D eigenvalue weighted by Gasteiger charge is 2.31. The number of nitrogens with one attached hydrogen (secondary N) is 1. The minimum absolute atomic E-state index is 0.103. The summed E-state index contributed by atoms with van der Waals surface area (Å²) in [5, 5.41) is 2.69. The van der Waals surface area contributed by atoms with E-state index in [1.807, 2.05) is 37.3 Å². The zero-order valence-electron chi connectivity index (χ0n) is 16.7. The van der Waals surface area contributed by atoms with E-state index in [4.69, 9.17) is 4.74 Å². The zero-order chi connectivity index (χ0) is 21.6. The first-order chi connectivity index (χ1) is 14.3. The molecule has 0 aromatic heterocycles. The molecular formula is C22H25F3N2O2S. The van der Waals surface area contributed by atoms with Crippen LogP contribution in [0.1, 0.15) is 24.1 Å². The number of carbonyl (C=O) groups excluding carboxylic acids is 1. The molecule has 1 N–H and O–H groups in total. The second-order valence-corrected chi connectivity index (χ2v) is 8.52. The van der Waals surface area contributed by atoms with E-state index in [0.29, 0.717) is 32.8 Å². The Morgan fingerprint density at radius 3 is 2.33 bits per heavy atom. The molecule has 3 rings (SSSR count). The first-order valence-electron chi connectivity index (χ1n) is 9.83. The van der Waals surface area contributed by atoms with E-state index in [-0.39, 0.29) is 17.2 Å². The van der Waals surface area contributed by atoms with Gasteiger partial charge in [-0.15, -0.1) is 11.8 Å². The highest BCUT2D eigenvalue weighted by molar-refractivity contribution is 8.00. The molecule has 0 bridgehead atoms. The lowest BCUT2D eigenvalue weighted by Gasteiger charge is -2.35. The molecule has 1 fully saturated rings. The maximum atomic E-state index is 12.9. The number of nitrogens with zero attached hydrogens (tertiary/aromatic N) is 1. The van der Waals surface area contributed by atoms with Crippen LogP contribution in [0.3, 0.4) is 0 Å². The summed E-state index contributed by atoms with van der Waals surface area (Å²) in [6.07, 6.45) is -4.37. The predicted molar refractivity (Wildman–Crippen MR) is 111 cm³/mol. The van der Waals surface area contributed by atoms with E-state index in [2.05, 4.69) is 10.2 Å². The first kappa shape index (κ1) is 22.7. The molecule has 0 radical (unpaired) electrons. The van der Waals surface area contributed by atoms with Gasteiger partial charge in [0.2, 0.25) is 5.91 Å². The number of thioether (sulfide) groups is 1. The van der Waals surface area contributed by atoms with E-state index in [0.717, 1.165) is 22.6 Å². The molecule has 0 saturated carbocycles. The van der Waals surface area contributed by atoms with Crippen LogP contribution < -0.4 is 5.32 Å². The number of halogens is 3. The maximum Gasteiger partial charge on any atom is 0.416 e. The standard InChI is InChI=1S/C22H25F3N2O2S/c1-16(30-19-5-3-2-4-6-19)21(28)26-15-20(27-11-13-29-14-12-27)17-7-9-18(10-8-17)22(23,24)25/h2-10,16,20H,11-15H2,1H3,(H,26,28). The fourth-order valence-electron chi connectivity index (χ4n) is 3.34. The first-order valence-corrected chi connectivity index (χ1v) is 10.7. The third-order valence-electron chi connectivity index (χ3n) is 5.00. The van der Waals surface area contributed by atoms with Crippen LogP contribution in [0.25, 0.3) is 0 Å². The van der Waals surface area contributed by atoms with Crippen LogP contribution in [0.5, 0.6) is 0 Å². The number of hydrogen-bond acceptors (Lipinski definition) is 4. The van der Waals surface area contributed by atoms with Crippen molar-refractivity contribution in [1.29, 1.82) is 0 Å². The summed E-state index contributed by atoms with van der Waals surface area (Å²) in [6, 6.07) is 14.6. The van der Waals surface area contributed by atoms with Crippen molar-refractivity contribution in [3.63, 3.8) is 0 Å². The molecule has 2 aromatic carbocycles. The van der Waals surface area contributed by atoms with E-state index < -0.39 is 11.7 Å². The van der Waals surface area contributed by atoms with E-state index in [1.165, 1.54) is 23.9 Å². The number of ether oxygens (including phenoxy) is 1. The van der Waals surface area contributed by atoms with Gasteiger partial charge in [0.1, 0.15) is 0 Å². The molecule has 2 aromatic rings. The van der Waals surface area contributed by atoms with Gasteiger partial charge in [-0.1, -0.05) is 30.3 Å². The highest BCUT2D eigenvalue weighted by atomic mass is 32.2. The van der Waals surface area contributed by atoms with E-state index >= 15 is 0 Å². The van der Waals surface area contributed by atoms with Gasteiger partial charge in [-0.05, 0) is 36.8 Å². The van der Waals surface area contributed by atoms with Gasteiger partial charge in [-0.2, -0.15) is 13.2 Å². The second-order valence-electron chi connectivity index (χ2n) is 7.10. The average molecular weight is 439 g/mol. The molecule has 1 aliphatic heterocycles. The van der Waals surface area contributed by atoms with Crippen LogP contribution in [-0.2, 0) is 15.7 Å². The Morgan fingerprint density at radius 2 is 1.73 bits per heavy atom. The Kier molecular flexibility index (Phi) is 7.80. The fourth-order valence-corrected chi connectivity index (χ4v) is 4.25. The van der Waals surface area contributed by atoms with Crippen LogP contribution in [-0.4, -0.2) is 48.9 Å². The minimum atomic E-state index is -4.37. The van der Waals surface area contributed by atoms with E-state index in [1.54, 1.807) is 0 Å². The van der Waals surface area contributed by atoms with Crippen molar-refractivity contribution in [2.75, 3.05) is 32.8 Å². The Balaban J connectivity index is 1.67. The summed E-state index contributed by atoms with van der Waals surface area (Å²) >= 11 is 1.47. The van der Waals surface area contributed by atoms with Gasteiger partial charge in [0.25, 0.3) is 0 Å². The average Bonchev–Trinajstić information content (AvgIpc) is 2.75. The van der Waals surface area contributed by atoms with Crippen LogP contribution in [0, 0.1) is 0 Å². The van der Waals surface area contributed by atoms with Crippen molar-refractivity contribution in [1.82, 2.24) is 10.2 Å². The predicted octanol–water partition coefficient (Wildman–Crippen LogP) is 4.38. The van der Waals surface area contributed by atoms with Gasteiger partial charge >= 0.3 is 6.18 Å². The fraction of sp³-hybridized carbons (Fsp3) is 0.409. The number of morpholine rings is 1. The molecule has 1 saturated heterocycles. The Morgan fingerprint density at radius 1 is 1.10 bits per heavy atom. The number of benzene rings is 2. The van der Waals surface area contributed by atoms with E-state index in [9.17, 15) is 18.0 Å². The summed E-state index contributed by atoms with van der Waals surface area (Å²) in [6.45, 7) is 4.61. The van der Waals surface area contributed by atoms with Gasteiger partial charge in [-0.25, -0.2) is 0 Å². The van der Waals surface area contributed by atoms with Crippen LogP contribution >= 0.6 is 11.8 Å². The minimum Gasteiger partial charge on any atom is -0.379 e. The maximum absolute atomic E-state index is 12.9. The van der Waals surface area contributed by atoms with Crippen molar-refractivity contribution < 1.29 is 22.7 Å².